The third-order valence-corrected chi connectivity index (χ3v) is 7.94. The van der Waals surface area contributed by atoms with Crippen LogP contribution in [0, 0.1) is 0 Å². The predicted molar refractivity (Wildman–Crippen MR) is 142 cm³/mol. The Bertz CT molecular complexity index is 1740. The highest BCUT2D eigenvalue weighted by Crippen LogP contribution is 2.45. The van der Waals surface area contributed by atoms with Crippen molar-refractivity contribution in [3.8, 4) is 22.6 Å². The van der Waals surface area contributed by atoms with E-state index in [1.165, 1.54) is 17.8 Å². The molecular weight excluding hydrogens is 512 g/mol. The molecule has 7 rings (SSSR count). The topological polar surface area (TPSA) is 179 Å². The maximum atomic E-state index is 13.1. The zero-order valence-electron chi connectivity index (χ0n) is 21.9. The molecule has 1 amide bonds. The first kappa shape index (κ1) is 24.1. The molecule has 5 aromatic rings. The van der Waals surface area contributed by atoms with E-state index in [1.807, 2.05) is 17.0 Å². The van der Waals surface area contributed by atoms with Crippen LogP contribution in [0.1, 0.15) is 65.2 Å². The lowest BCUT2D eigenvalue weighted by Crippen LogP contribution is -2.46. The molecular formula is C26H26N12O2. The first-order chi connectivity index (χ1) is 19.4. The summed E-state index contributed by atoms with van der Waals surface area (Å²) in [4.78, 5) is 44.6. The second-order valence-corrected chi connectivity index (χ2v) is 10.4. The smallest absolute Gasteiger partial charge is 0.292 e. The highest BCUT2D eigenvalue weighted by molar-refractivity contribution is 6.00. The number of nitrogens with two attached hydrogens (primary N) is 1. The summed E-state index contributed by atoms with van der Waals surface area (Å²) in [6, 6.07) is 3.80. The summed E-state index contributed by atoms with van der Waals surface area (Å²) in [5.74, 6) is 0.682. The van der Waals surface area contributed by atoms with E-state index in [0.717, 1.165) is 24.0 Å². The number of Topliss-reactive ketones (excluding diaryl/α,β-unsaturated/α-hetero) is 1. The quantitative estimate of drug-likeness (QED) is 0.315. The van der Waals surface area contributed by atoms with Gasteiger partial charge in [0.1, 0.15) is 24.2 Å². The molecule has 3 atom stereocenters. The molecule has 14 heteroatoms. The second-order valence-electron chi connectivity index (χ2n) is 10.4. The molecule has 40 heavy (non-hydrogen) atoms. The standard InChI is InChI=1S/C26H26N12O2/c1-13(39)20-21(15-7-16-4-5-17(8-15)37(16)26(40)24-29-11-31-34-24)33-25-18(10-32-38(25)22(20)27)14-3-6-19(28-9-14)23-30-12-36(2)35-23/h3,6,9-12,15-17H,4-5,7-8,27H2,1-2H3,(H,29,31,34)/t15-,16-,17+. The van der Waals surface area contributed by atoms with Crippen LogP contribution in [0.15, 0.2) is 37.2 Å². The van der Waals surface area contributed by atoms with Gasteiger partial charge >= 0.3 is 0 Å². The first-order valence-electron chi connectivity index (χ1n) is 13.1. The summed E-state index contributed by atoms with van der Waals surface area (Å²) >= 11 is 0. The Morgan fingerprint density at radius 1 is 1.10 bits per heavy atom. The number of carbonyl (C=O) groups is 2. The minimum absolute atomic E-state index is 0.0155. The van der Waals surface area contributed by atoms with Crippen LogP contribution in [0.25, 0.3) is 28.3 Å². The van der Waals surface area contributed by atoms with E-state index in [-0.39, 0.29) is 41.3 Å². The molecule has 3 N–H and O–H groups in total. The van der Waals surface area contributed by atoms with Crippen molar-refractivity contribution in [3.63, 3.8) is 0 Å². The van der Waals surface area contributed by atoms with Gasteiger partial charge in [-0.25, -0.2) is 9.97 Å². The normalized spacial score (nSPS) is 20.4. The van der Waals surface area contributed by atoms with Gasteiger partial charge in [-0.1, -0.05) is 6.07 Å². The van der Waals surface area contributed by atoms with E-state index in [1.54, 1.807) is 30.5 Å². The number of aromatic amines is 1. The molecule has 0 saturated carbocycles. The molecule has 2 aliphatic heterocycles. The molecule has 0 radical (unpaired) electrons. The Balaban J connectivity index is 1.26. The number of nitrogens with one attached hydrogen (secondary N) is 1. The number of ketones is 1. The van der Waals surface area contributed by atoms with E-state index in [0.29, 0.717) is 41.3 Å². The lowest BCUT2D eigenvalue weighted by Gasteiger charge is -2.38. The summed E-state index contributed by atoms with van der Waals surface area (Å²) in [5, 5.41) is 16.4. The minimum atomic E-state index is -0.166. The number of piperidine rings is 1. The highest BCUT2D eigenvalue weighted by Gasteiger charge is 2.45. The number of aryl methyl sites for hydroxylation is 1. The van der Waals surface area contributed by atoms with Gasteiger partial charge in [0.2, 0.25) is 5.82 Å². The fraction of sp³-hybridized carbons (Fsp3) is 0.346. The maximum Gasteiger partial charge on any atom is 0.292 e. The first-order valence-corrected chi connectivity index (χ1v) is 13.1. The number of carbonyl (C=O) groups excluding carboxylic acids is 2. The van der Waals surface area contributed by atoms with Gasteiger partial charge in [0.25, 0.3) is 5.91 Å². The van der Waals surface area contributed by atoms with Crippen molar-refractivity contribution in [1.82, 2.24) is 54.4 Å². The Morgan fingerprint density at radius 3 is 2.52 bits per heavy atom. The summed E-state index contributed by atoms with van der Waals surface area (Å²) in [6.07, 6.45) is 9.57. The van der Waals surface area contributed by atoms with Gasteiger partial charge in [-0.15, -0.1) is 15.3 Å². The Kier molecular flexibility index (Phi) is 5.43. The highest BCUT2D eigenvalue weighted by atomic mass is 16.2. The summed E-state index contributed by atoms with van der Waals surface area (Å²) in [6.45, 7) is 1.50. The van der Waals surface area contributed by atoms with Crippen LogP contribution < -0.4 is 5.73 Å². The number of hydrogen-bond donors (Lipinski definition) is 2. The number of nitrogens with zero attached hydrogens (tertiary/aromatic N) is 10. The minimum Gasteiger partial charge on any atom is -0.383 e. The van der Waals surface area contributed by atoms with Crippen molar-refractivity contribution in [2.24, 2.45) is 7.05 Å². The van der Waals surface area contributed by atoms with Crippen LogP contribution in [0.3, 0.4) is 0 Å². The van der Waals surface area contributed by atoms with Crippen molar-refractivity contribution in [2.45, 2.75) is 50.6 Å². The molecule has 14 nitrogen and oxygen atoms in total. The molecule has 7 heterocycles. The third-order valence-electron chi connectivity index (χ3n) is 7.94. The zero-order valence-corrected chi connectivity index (χ0v) is 21.9. The van der Waals surface area contributed by atoms with Gasteiger partial charge in [-0.2, -0.15) is 9.61 Å². The van der Waals surface area contributed by atoms with Crippen LogP contribution in [0.5, 0.6) is 0 Å². The van der Waals surface area contributed by atoms with Gasteiger partial charge in [-0.05, 0) is 38.7 Å². The fourth-order valence-electron chi connectivity index (χ4n) is 6.20. The van der Waals surface area contributed by atoms with E-state index in [2.05, 4.69) is 35.3 Å². The van der Waals surface area contributed by atoms with E-state index < -0.39 is 0 Å². The van der Waals surface area contributed by atoms with E-state index in [4.69, 9.17) is 10.7 Å². The van der Waals surface area contributed by atoms with Gasteiger partial charge in [-0.3, -0.25) is 19.3 Å². The number of fused-ring (bicyclic) bond motifs is 3. The van der Waals surface area contributed by atoms with Gasteiger partial charge in [0.15, 0.2) is 17.3 Å². The third kappa shape index (κ3) is 3.74. The molecule has 0 unspecified atom stereocenters. The number of aromatic nitrogens is 10. The molecule has 2 bridgehead atoms. The van der Waals surface area contributed by atoms with Crippen molar-refractivity contribution in [3.05, 3.63) is 54.3 Å². The van der Waals surface area contributed by atoms with Crippen LogP contribution in [-0.4, -0.2) is 78.2 Å². The SMILES string of the molecule is CC(=O)c1c([C@@H]2C[C@H]3CC[C@@H](C2)N3C(=O)c2nnc[nH]2)nc2c(-c3ccc(-c4ncn(C)n4)nc3)cnn2c1N. The van der Waals surface area contributed by atoms with Crippen LogP contribution in [0.2, 0.25) is 0 Å². The van der Waals surface area contributed by atoms with E-state index >= 15 is 0 Å². The van der Waals surface area contributed by atoms with Crippen molar-refractivity contribution < 1.29 is 9.59 Å². The molecule has 202 valence electrons. The molecule has 5 aromatic heterocycles. The fourth-order valence-corrected chi connectivity index (χ4v) is 6.20. The second kappa shape index (κ2) is 9.03. The summed E-state index contributed by atoms with van der Waals surface area (Å²) in [5.41, 5.74) is 10.4. The summed E-state index contributed by atoms with van der Waals surface area (Å²) in [7, 11) is 1.80. The van der Waals surface area contributed by atoms with Gasteiger partial charge in [0.05, 0.1) is 17.5 Å². The predicted octanol–water partition coefficient (Wildman–Crippen LogP) is 2.04. The van der Waals surface area contributed by atoms with Gasteiger partial charge in [0, 0.05) is 42.4 Å². The molecule has 2 aliphatic rings. The van der Waals surface area contributed by atoms with E-state index in [9.17, 15) is 9.59 Å². The van der Waals surface area contributed by atoms with Gasteiger partial charge < -0.3 is 15.6 Å². The zero-order chi connectivity index (χ0) is 27.5. The molecule has 0 aliphatic carbocycles. The summed E-state index contributed by atoms with van der Waals surface area (Å²) < 4.78 is 3.14. The number of nitrogen functional groups attached to an aromatic ring is 1. The Morgan fingerprint density at radius 2 is 1.90 bits per heavy atom. The van der Waals surface area contributed by atoms with Crippen molar-refractivity contribution in [1.29, 1.82) is 0 Å². The number of amides is 1. The van der Waals surface area contributed by atoms with Crippen LogP contribution in [-0.2, 0) is 7.05 Å². The number of pyridine rings is 1. The average molecular weight is 539 g/mol. The Labute approximate surface area is 227 Å². The lowest BCUT2D eigenvalue weighted by atomic mass is 9.85. The average Bonchev–Trinajstić information content (AvgIpc) is 3.75. The van der Waals surface area contributed by atoms with Crippen LogP contribution >= 0.6 is 0 Å². The Hall–Kier alpha value is -5.01. The lowest BCUT2D eigenvalue weighted by molar-refractivity contribution is 0.0556. The monoisotopic (exact) mass is 538 g/mol. The van der Waals surface area contributed by atoms with Crippen LogP contribution in [0.4, 0.5) is 5.82 Å². The number of H-pyrrole nitrogens is 1. The molecule has 0 aromatic carbocycles. The number of anilines is 1. The molecule has 2 fully saturated rings. The molecule has 2 saturated heterocycles. The number of hydrogen-bond acceptors (Lipinski definition) is 10. The van der Waals surface area contributed by atoms with Crippen molar-refractivity contribution in [2.75, 3.05) is 5.73 Å². The van der Waals surface area contributed by atoms with Crippen molar-refractivity contribution >= 4 is 23.2 Å². The maximum absolute atomic E-state index is 13.1. The number of rotatable bonds is 5. The largest absolute Gasteiger partial charge is 0.383 e. The molecule has 0 spiro atoms.